The van der Waals surface area contributed by atoms with E-state index in [2.05, 4.69) is 120 Å². The van der Waals surface area contributed by atoms with Gasteiger partial charge < -0.3 is 9.88 Å². The number of benzene rings is 3. The first-order chi connectivity index (χ1) is 20.1. The lowest BCUT2D eigenvalue weighted by Gasteiger charge is -2.22. The molecule has 0 unspecified atom stereocenters. The number of hydrogen-bond acceptors (Lipinski definition) is 6. The van der Waals surface area contributed by atoms with Crippen molar-refractivity contribution in [3.8, 4) is 22.5 Å². The Hall–Kier alpha value is -3.98. The highest BCUT2D eigenvalue weighted by atomic mass is 32.1. The van der Waals surface area contributed by atoms with Gasteiger partial charge >= 0.3 is 0 Å². The molecule has 0 radical (unpaired) electrons. The van der Waals surface area contributed by atoms with Crippen LogP contribution in [0.4, 0.5) is 0 Å². The van der Waals surface area contributed by atoms with Gasteiger partial charge in [0.05, 0.1) is 16.3 Å². The van der Waals surface area contributed by atoms with Gasteiger partial charge in [-0.15, -0.1) is 10.2 Å². The van der Waals surface area contributed by atoms with E-state index in [9.17, 15) is 4.79 Å². The third-order valence-electron chi connectivity index (χ3n) is 7.35. The number of tetrazole rings is 1. The maximum Gasteiger partial charge on any atom is 0.233 e. The lowest BCUT2D eigenvalue weighted by molar-refractivity contribution is -0.121. The van der Waals surface area contributed by atoms with Crippen LogP contribution >= 0.6 is 12.6 Å². The Morgan fingerprint density at radius 3 is 2.45 bits per heavy atom. The van der Waals surface area contributed by atoms with Crippen LogP contribution in [0.15, 0.2) is 60.7 Å². The zero-order valence-electron chi connectivity index (χ0n) is 25.0. The fourth-order valence-electron chi connectivity index (χ4n) is 5.36. The van der Waals surface area contributed by atoms with E-state index in [0.717, 1.165) is 57.5 Å². The summed E-state index contributed by atoms with van der Waals surface area (Å²) in [6.45, 7) is 11.8. The number of thiol groups is 1. The van der Waals surface area contributed by atoms with Crippen LogP contribution in [0.25, 0.3) is 33.5 Å². The van der Waals surface area contributed by atoms with E-state index in [1.807, 2.05) is 18.2 Å². The number of carbonyl (C=O) groups excluding carboxylic acids is 1. The summed E-state index contributed by atoms with van der Waals surface area (Å²) in [4.78, 5) is 17.8. The fourth-order valence-corrected chi connectivity index (χ4v) is 6.00. The molecule has 0 fully saturated rings. The Bertz CT molecular complexity index is 1670. The highest BCUT2D eigenvalue weighted by molar-refractivity contribution is 7.81. The number of nitrogens with one attached hydrogen (secondary N) is 2. The average molecular weight is 582 g/mol. The second-order valence-corrected chi connectivity index (χ2v) is 12.7. The van der Waals surface area contributed by atoms with Crippen molar-refractivity contribution >= 4 is 29.6 Å². The van der Waals surface area contributed by atoms with E-state index in [0.29, 0.717) is 25.3 Å². The molecule has 1 atom stereocenters. The Kier molecular flexibility index (Phi) is 8.77. The van der Waals surface area contributed by atoms with Crippen molar-refractivity contribution in [1.29, 1.82) is 0 Å². The molecular weight excluding hydrogens is 542 g/mol. The Morgan fingerprint density at radius 2 is 1.79 bits per heavy atom. The quantitative estimate of drug-likeness (QED) is 0.163. The number of hydrogen-bond donors (Lipinski definition) is 3. The SMILES string of the molecule is CCCc1nc2c(C)cc(CNC(=O)[C@@H](S)CC(C)(C)C)cc2n1Cc1ccc(-c2ccccc2-c2nn[nH]n2)cc1. The molecule has 0 bridgehead atoms. The molecule has 2 heterocycles. The van der Waals surface area contributed by atoms with Gasteiger partial charge in [0.1, 0.15) is 5.82 Å². The number of aryl methyl sites for hydroxylation is 2. The number of aromatic nitrogens is 6. The molecule has 1 amide bonds. The number of rotatable bonds is 10. The molecule has 218 valence electrons. The first kappa shape index (κ1) is 29.5. The minimum Gasteiger partial charge on any atom is -0.351 e. The number of nitrogens with zero attached hydrogens (tertiary/aromatic N) is 5. The summed E-state index contributed by atoms with van der Waals surface area (Å²) in [5.41, 5.74) is 8.57. The van der Waals surface area contributed by atoms with Crippen LogP contribution in [-0.2, 0) is 24.3 Å². The van der Waals surface area contributed by atoms with E-state index >= 15 is 0 Å². The van der Waals surface area contributed by atoms with Crippen molar-refractivity contribution in [3.05, 3.63) is 83.2 Å². The topological polar surface area (TPSA) is 101 Å². The van der Waals surface area contributed by atoms with E-state index < -0.39 is 0 Å². The Labute approximate surface area is 252 Å². The molecule has 2 aromatic heterocycles. The second-order valence-electron chi connectivity index (χ2n) is 12.1. The molecule has 3 aromatic carbocycles. The number of fused-ring (bicyclic) bond motifs is 1. The molecule has 0 aliphatic carbocycles. The van der Waals surface area contributed by atoms with Gasteiger partial charge in [-0.25, -0.2) is 4.98 Å². The van der Waals surface area contributed by atoms with Crippen molar-refractivity contribution in [2.75, 3.05) is 0 Å². The number of amides is 1. The summed E-state index contributed by atoms with van der Waals surface area (Å²) in [7, 11) is 0. The number of aromatic amines is 1. The Morgan fingerprint density at radius 1 is 1.05 bits per heavy atom. The molecule has 2 N–H and O–H groups in total. The van der Waals surface area contributed by atoms with Crippen LogP contribution < -0.4 is 5.32 Å². The zero-order chi connectivity index (χ0) is 29.9. The normalized spacial score (nSPS) is 12.5. The molecule has 0 saturated carbocycles. The average Bonchev–Trinajstić information content (AvgIpc) is 3.61. The van der Waals surface area contributed by atoms with Crippen molar-refractivity contribution in [2.45, 2.75) is 72.2 Å². The fraction of sp³-hybridized carbons (Fsp3) is 0.364. The highest BCUT2D eigenvalue weighted by Crippen LogP contribution is 2.31. The van der Waals surface area contributed by atoms with Gasteiger partial charge in [-0.05, 0) is 64.3 Å². The standard InChI is InChI=1S/C33H39N7OS/c1-6-9-29-35-30-21(2)16-23(19-34-32(41)28(42)18-33(3,4)5)17-27(30)40(29)20-22-12-14-24(15-13-22)25-10-7-8-11-26(25)31-36-38-39-37-31/h7-8,10-17,28,42H,6,9,18-20H2,1-5H3,(H,34,41)(H,36,37,38,39)/t28-/m0/s1. The third kappa shape index (κ3) is 6.73. The smallest absolute Gasteiger partial charge is 0.233 e. The van der Waals surface area contributed by atoms with Crippen molar-refractivity contribution in [2.24, 2.45) is 5.41 Å². The van der Waals surface area contributed by atoms with Gasteiger partial charge in [0.15, 0.2) is 0 Å². The lowest BCUT2D eigenvalue weighted by Crippen LogP contribution is -2.33. The lowest BCUT2D eigenvalue weighted by atomic mass is 9.90. The molecule has 0 spiro atoms. The Balaban J connectivity index is 1.40. The molecule has 9 heteroatoms. The summed E-state index contributed by atoms with van der Waals surface area (Å²) >= 11 is 4.56. The minimum absolute atomic E-state index is 0.0350. The molecule has 5 aromatic rings. The van der Waals surface area contributed by atoms with Crippen LogP contribution in [0.3, 0.4) is 0 Å². The highest BCUT2D eigenvalue weighted by Gasteiger charge is 2.22. The molecule has 42 heavy (non-hydrogen) atoms. The molecule has 0 aliphatic rings. The number of imidazole rings is 1. The monoisotopic (exact) mass is 581 g/mol. The van der Waals surface area contributed by atoms with Crippen LogP contribution in [0.5, 0.6) is 0 Å². The second kappa shape index (κ2) is 12.5. The van der Waals surface area contributed by atoms with Crippen LogP contribution in [0.1, 0.15) is 63.1 Å². The third-order valence-corrected chi connectivity index (χ3v) is 7.77. The summed E-state index contributed by atoms with van der Waals surface area (Å²) in [6, 6.07) is 21.0. The zero-order valence-corrected chi connectivity index (χ0v) is 25.9. The summed E-state index contributed by atoms with van der Waals surface area (Å²) in [6.07, 6.45) is 2.62. The summed E-state index contributed by atoms with van der Waals surface area (Å²) in [5, 5.41) is 17.4. The van der Waals surface area contributed by atoms with Gasteiger partial charge in [0.25, 0.3) is 0 Å². The predicted molar refractivity (Wildman–Crippen MR) is 171 cm³/mol. The van der Waals surface area contributed by atoms with E-state index in [4.69, 9.17) is 4.98 Å². The van der Waals surface area contributed by atoms with Gasteiger partial charge in [-0.1, -0.05) is 82.3 Å². The molecule has 5 rings (SSSR count). The van der Waals surface area contributed by atoms with Gasteiger partial charge in [0, 0.05) is 25.1 Å². The van der Waals surface area contributed by atoms with Crippen molar-refractivity contribution < 1.29 is 4.79 Å². The molecule has 8 nitrogen and oxygen atoms in total. The van der Waals surface area contributed by atoms with E-state index in [1.165, 1.54) is 5.56 Å². The molecular formula is C33H39N7OS. The van der Waals surface area contributed by atoms with Crippen LogP contribution in [-0.4, -0.2) is 41.3 Å². The van der Waals surface area contributed by atoms with Gasteiger partial charge in [0.2, 0.25) is 11.7 Å². The first-order valence-electron chi connectivity index (χ1n) is 14.5. The van der Waals surface area contributed by atoms with Crippen molar-refractivity contribution in [1.82, 2.24) is 35.5 Å². The summed E-state index contributed by atoms with van der Waals surface area (Å²) in [5.74, 6) is 1.61. The van der Waals surface area contributed by atoms with E-state index in [1.54, 1.807) is 0 Å². The summed E-state index contributed by atoms with van der Waals surface area (Å²) < 4.78 is 2.32. The molecule has 0 aliphatic heterocycles. The van der Waals surface area contributed by atoms with Crippen LogP contribution in [0.2, 0.25) is 0 Å². The first-order valence-corrected chi connectivity index (χ1v) is 15.0. The maximum atomic E-state index is 12.7. The van der Waals surface area contributed by atoms with Gasteiger partial charge in [-0.3, -0.25) is 4.79 Å². The van der Waals surface area contributed by atoms with Crippen LogP contribution in [0, 0.1) is 12.3 Å². The van der Waals surface area contributed by atoms with E-state index in [-0.39, 0.29) is 16.6 Å². The van der Waals surface area contributed by atoms with Crippen molar-refractivity contribution in [3.63, 3.8) is 0 Å². The number of H-pyrrole nitrogens is 1. The predicted octanol–water partition coefficient (Wildman–Crippen LogP) is 6.54. The minimum atomic E-state index is -0.335. The number of carbonyl (C=O) groups is 1. The molecule has 0 saturated heterocycles. The largest absolute Gasteiger partial charge is 0.351 e. The van der Waals surface area contributed by atoms with Gasteiger partial charge in [-0.2, -0.15) is 17.8 Å². The maximum absolute atomic E-state index is 12.7.